The van der Waals surface area contributed by atoms with Gasteiger partial charge in [0.15, 0.2) is 0 Å². The Kier molecular flexibility index (Phi) is 4.76. The van der Waals surface area contributed by atoms with Crippen LogP contribution in [0.1, 0.15) is 50.7 Å². The zero-order chi connectivity index (χ0) is 18.2. The zero-order valence-electron chi connectivity index (χ0n) is 15.6. The molecule has 2 fully saturated rings. The number of urea groups is 1. The third kappa shape index (κ3) is 4.33. The van der Waals surface area contributed by atoms with Gasteiger partial charge in [-0.1, -0.05) is 24.3 Å². The highest BCUT2D eigenvalue weighted by atomic mass is 16.2. The van der Waals surface area contributed by atoms with E-state index in [9.17, 15) is 9.59 Å². The molecule has 25 heavy (non-hydrogen) atoms. The lowest BCUT2D eigenvalue weighted by molar-refractivity contribution is -0.125. The molecule has 1 heterocycles. The summed E-state index contributed by atoms with van der Waals surface area (Å²) >= 11 is 0. The lowest BCUT2D eigenvalue weighted by Crippen LogP contribution is -2.48. The maximum absolute atomic E-state index is 12.8. The molecular formula is C20H29N3O2. The molecule has 3 rings (SSSR count). The molecule has 1 aromatic carbocycles. The van der Waals surface area contributed by atoms with Crippen LogP contribution in [0.5, 0.6) is 0 Å². The maximum atomic E-state index is 12.8. The van der Waals surface area contributed by atoms with Gasteiger partial charge < -0.3 is 15.5 Å². The first-order valence-corrected chi connectivity index (χ1v) is 9.17. The van der Waals surface area contributed by atoms with E-state index < -0.39 is 0 Å². The van der Waals surface area contributed by atoms with Crippen molar-refractivity contribution >= 4 is 11.9 Å². The topological polar surface area (TPSA) is 61.4 Å². The lowest BCUT2D eigenvalue weighted by Gasteiger charge is -2.25. The van der Waals surface area contributed by atoms with Crippen molar-refractivity contribution in [2.75, 3.05) is 13.1 Å². The summed E-state index contributed by atoms with van der Waals surface area (Å²) in [5.41, 5.74) is 2.06. The molecule has 1 saturated carbocycles. The molecule has 5 nitrogen and oxygen atoms in total. The van der Waals surface area contributed by atoms with Gasteiger partial charge in [0.05, 0.1) is 5.92 Å². The molecule has 0 spiro atoms. The molecule has 1 aliphatic heterocycles. The van der Waals surface area contributed by atoms with Crippen LogP contribution in [0.25, 0.3) is 0 Å². The summed E-state index contributed by atoms with van der Waals surface area (Å²) < 4.78 is 0. The Labute approximate surface area is 150 Å². The van der Waals surface area contributed by atoms with Crippen LogP contribution in [0.4, 0.5) is 4.79 Å². The highest BCUT2D eigenvalue weighted by Crippen LogP contribution is 2.35. The van der Waals surface area contributed by atoms with Crippen LogP contribution in [0, 0.1) is 12.8 Å². The monoisotopic (exact) mass is 343 g/mol. The molecular weight excluding hydrogens is 314 g/mol. The molecule has 1 aliphatic carbocycles. The first-order chi connectivity index (χ1) is 11.7. The Balaban J connectivity index is 1.81. The van der Waals surface area contributed by atoms with E-state index in [-0.39, 0.29) is 29.3 Å². The second-order valence-electron chi connectivity index (χ2n) is 8.44. The van der Waals surface area contributed by atoms with Gasteiger partial charge in [0, 0.05) is 30.6 Å². The molecule has 0 bridgehead atoms. The van der Waals surface area contributed by atoms with Crippen molar-refractivity contribution < 1.29 is 9.59 Å². The molecule has 1 aromatic rings. The van der Waals surface area contributed by atoms with Crippen LogP contribution in [0.15, 0.2) is 24.3 Å². The molecule has 3 amide bonds. The summed E-state index contributed by atoms with van der Waals surface area (Å²) in [6, 6.07) is 8.43. The number of rotatable bonds is 3. The van der Waals surface area contributed by atoms with Crippen LogP contribution in [-0.2, 0) is 4.79 Å². The fraction of sp³-hybridized carbons (Fsp3) is 0.600. The fourth-order valence-electron chi connectivity index (χ4n) is 3.49. The summed E-state index contributed by atoms with van der Waals surface area (Å²) in [4.78, 5) is 27.2. The number of carbonyl (C=O) groups is 2. The number of aryl methyl sites for hydroxylation is 1. The van der Waals surface area contributed by atoms with Crippen molar-refractivity contribution in [2.24, 2.45) is 5.92 Å². The smallest absolute Gasteiger partial charge is 0.317 e. The number of benzene rings is 1. The Bertz CT molecular complexity index is 661. The summed E-state index contributed by atoms with van der Waals surface area (Å²) in [6.45, 7) is 9.03. The van der Waals surface area contributed by atoms with E-state index in [2.05, 4.69) is 29.7 Å². The average Bonchev–Trinajstić information content (AvgIpc) is 3.21. The number of carbonyl (C=O) groups excluding carboxylic acids is 2. The molecule has 2 aliphatic rings. The molecule has 2 N–H and O–H groups in total. The van der Waals surface area contributed by atoms with Crippen molar-refractivity contribution in [1.82, 2.24) is 15.5 Å². The van der Waals surface area contributed by atoms with Crippen LogP contribution in [-0.4, -0.2) is 41.5 Å². The number of hydrogen-bond acceptors (Lipinski definition) is 2. The van der Waals surface area contributed by atoms with E-state index in [4.69, 9.17) is 0 Å². The van der Waals surface area contributed by atoms with Crippen LogP contribution in [0.3, 0.4) is 0 Å². The van der Waals surface area contributed by atoms with Gasteiger partial charge >= 0.3 is 6.03 Å². The lowest BCUT2D eigenvalue weighted by atomic mass is 9.86. The molecule has 1 saturated heterocycles. The van der Waals surface area contributed by atoms with Gasteiger partial charge in [-0.15, -0.1) is 0 Å². The van der Waals surface area contributed by atoms with Gasteiger partial charge in [-0.3, -0.25) is 4.79 Å². The third-order valence-corrected chi connectivity index (χ3v) is 4.94. The van der Waals surface area contributed by atoms with E-state index in [1.165, 1.54) is 11.1 Å². The molecule has 0 radical (unpaired) electrons. The molecule has 5 heteroatoms. The average molecular weight is 343 g/mol. The van der Waals surface area contributed by atoms with Crippen molar-refractivity contribution in [1.29, 1.82) is 0 Å². The minimum absolute atomic E-state index is 0.0469. The number of likely N-dealkylation sites (tertiary alicyclic amines) is 1. The minimum Gasteiger partial charge on any atom is -0.353 e. The SMILES string of the molecule is Cc1ccccc1C1CN(C(=O)NC(C)(C)C)CC1C(=O)NC1CC1. The number of amides is 3. The first kappa shape index (κ1) is 17.8. The largest absolute Gasteiger partial charge is 0.353 e. The molecule has 2 unspecified atom stereocenters. The summed E-state index contributed by atoms with van der Waals surface area (Å²) in [5, 5.41) is 6.14. The highest BCUT2D eigenvalue weighted by molar-refractivity contribution is 5.83. The van der Waals surface area contributed by atoms with Crippen molar-refractivity contribution in [2.45, 2.75) is 58.0 Å². The van der Waals surface area contributed by atoms with Gasteiger partial charge in [0.25, 0.3) is 0 Å². The number of hydrogen-bond donors (Lipinski definition) is 2. The zero-order valence-corrected chi connectivity index (χ0v) is 15.6. The van der Waals surface area contributed by atoms with Gasteiger partial charge in [-0.25, -0.2) is 4.79 Å². The van der Waals surface area contributed by atoms with Crippen molar-refractivity contribution in [3.8, 4) is 0 Å². The summed E-state index contributed by atoms with van der Waals surface area (Å²) in [6.07, 6.45) is 2.14. The summed E-state index contributed by atoms with van der Waals surface area (Å²) in [5.74, 6) is -0.0556. The van der Waals surface area contributed by atoms with Crippen molar-refractivity contribution in [3.63, 3.8) is 0 Å². The predicted molar refractivity (Wildman–Crippen MR) is 98.4 cm³/mol. The third-order valence-electron chi connectivity index (χ3n) is 4.94. The second-order valence-corrected chi connectivity index (χ2v) is 8.44. The molecule has 2 atom stereocenters. The quantitative estimate of drug-likeness (QED) is 0.886. The maximum Gasteiger partial charge on any atom is 0.317 e. The Hall–Kier alpha value is -2.04. The Morgan fingerprint density at radius 1 is 1.12 bits per heavy atom. The Morgan fingerprint density at radius 2 is 1.80 bits per heavy atom. The summed E-state index contributed by atoms with van der Waals surface area (Å²) in [7, 11) is 0. The van der Waals surface area contributed by atoms with Gasteiger partial charge in [0.2, 0.25) is 5.91 Å². The van der Waals surface area contributed by atoms with Crippen LogP contribution >= 0.6 is 0 Å². The van der Waals surface area contributed by atoms with Crippen molar-refractivity contribution in [3.05, 3.63) is 35.4 Å². The normalized spacial score (nSPS) is 23.4. The number of nitrogens with zero attached hydrogens (tertiary/aromatic N) is 1. The second kappa shape index (κ2) is 6.70. The minimum atomic E-state index is -0.288. The predicted octanol–water partition coefficient (Wildman–Crippen LogP) is 2.80. The van der Waals surface area contributed by atoms with Gasteiger partial charge in [0.1, 0.15) is 0 Å². The first-order valence-electron chi connectivity index (χ1n) is 9.17. The fourth-order valence-corrected chi connectivity index (χ4v) is 3.49. The van der Waals surface area contributed by atoms with Gasteiger partial charge in [-0.05, 0) is 51.7 Å². The van der Waals surface area contributed by atoms with E-state index in [1.807, 2.05) is 32.9 Å². The van der Waals surface area contributed by atoms with E-state index in [1.54, 1.807) is 4.90 Å². The molecule has 0 aromatic heterocycles. The highest BCUT2D eigenvalue weighted by Gasteiger charge is 2.42. The van der Waals surface area contributed by atoms with E-state index in [0.717, 1.165) is 12.8 Å². The van der Waals surface area contributed by atoms with Crippen LogP contribution < -0.4 is 10.6 Å². The van der Waals surface area contributed by atoms with Gasteiger partial charge in [-0.2, -0.15) is 0 Å². The Morgan fingerprint density at radius 3 is 2.40 bits per heavy atom. The van der Waals surface area contributed by atoms with E-state index in [0.29, 0.717) is 19.1 Å². The molecule has 136 valence electrons. The van der Waals surface area contributed by atoms with E-state index >= 15 is 0 Å². The standard InChI is InChI=1S/C20H29N3O2/c1-13-7-5-6-8-15(13)16-11-23(19(25)22-20(2,3)4)12-17(16)18(24)21-14-9-10-14/h5-8,14,16-17H,9-12H2,1-4H3,(H,21,24)(H,22,25). The number of nitrogens with one attached hydrogen (secondary N) is 2. The van der Waals surface area contributed by atoms with Crippen LogP contribution in [0.2, 0.25) is 0 Å².